The number of aldehydes is 4. The molecular formula is C11H12O4. The molecule has 2 saturated carbocycles. The summed E-state index contributed by atoms with van der Waals surface area (Å²) in [6.07, 6.45) is 4.17. The number of hydrogen-bond acceptors (Lipinski definition) is 4. The fraction of sp³-hybridized carbons (Fsp3) is 0.636. The Kier molecular flexibility index (Phi) is 2.10. The Balaban J connectivity index is 2.60. The Morgan fingerprint density at radius 2 is 1.07 bits per heavy atom. The fourth-order valence-corrected chi connectivity index (χ4v) is 3.41. The molecule has 0 radical (unpaired) electrons. The largest absolute Gasteiger partial charge is 0.302 e. The molecule has 0 amide bonds. The maximum absolute atomic E-state index is 11.1. The summed E-state index contributed by atoms with van der Waals surface area (Å²) in [7, 11) is 0. The molecule has 2 rings (SSSR count). The second-order valence-corrected chi connectivity index (χ2v) is 4.54. The van der Waals surface area contributed by atoms with Crippen molar-refractivity contribution in [1.29, 1.82) is 0 Å². The summed E-state index contributed by atoms with van der Waals surface area (Å²) in [4.78, 5) is 44.5. The lowest BCUT2D eigenvalue weighted by atomic mass is 9.58. The van der Waals surface area contributed by atoms with E-state index in [0.29, 0.717) is 31.6 Å². The molecule has 0 aliphatic heterocycles. The lowest BCUT2D eigenvalue weighted by Gasteiger charge is -2.39. The summed E-state index contributed by atoms with van der Waals surface area (Å²) in [5.41, 5.74) is -2.78. The van der Waals surface area contributed by atoms with Gasteiger partial charge in [0.15, 0.2) is 0 Å². The fourth-order valence-electron chi connectivity index (χ4n) is 3.41. The minimum atomic E-state index is -1.39. The van der Waals surface area contributed by atoms with Crippen LogP contribution in [0.3, 0.4) is 0 Å². The van der Waals surface area contributed by atoms with E-state index in [-0.39, 0.29) is 11.8 Å². The zero-order valence-corrected chi connectivity index (χ0v) is 8.22. The van der Waals surface area contributed by atoms with Crippen LogP contribution in [0.15, 0.2) is 0 Å². The molecule has 0 heterocycles. The summed E-state index contributed by atoms with van der Waals surface area (Å²) < 4.78 is 0. The van der Waals surface area contributed by atoms with Crippen LogP contribution in [0.4, 0.5) is 0 Å². The highest BCUT2D eigenvalue weighted by Crippen LogP contribution is 2.63. The van der Waals surface area contributed by atoms with Gasteiger partial charge in [-0.25, -0.2) is 0 Å². The first-order valence-corrected chi connectivity index (χ1v) is 5.06. The van der Waals surface area contributed by atoms with Crippen LogP contribution in [0, 0.1) is 22.7 Å². The molecule has 0 aromatic carbocycles. The van der Waals surface area contributed by atoms with Crippen molar-refractivity contribution < 1.29 is 19.2 Å². The Labute approximate surface area is 87.0 Å². The van der Waals surface area contributed by atoms with Gasteiger partial charge in [-0.1, -0.05) is 0 Å². The molecule has 2 bridgehead atoms. The number of carbonyl (C=O) groups is 4. The lowest BCUT2D eigenvalue weighted by Crippen LogP contribution is -2.51. The van der Waals surface area contributed by atoms with Crippen LogP contribution in [-0.2, 0) is 19.2 Å². The highest BCUT2D eigenvalue weighted by molar-refractivity contribution is 6.01. The van der Waals surface area contributed by atoms with Crippen molar-refractivity contribution in [1.82, 2.24) is 0 Å². The molecule has 4 heteroatoms. The van der Waals surface area contributed by atoms with Gasteiger partial charge in [-0.3, -0.25) is 0 Å². The average molecular weight is 208 g/mol. The quantitative estimate of drug-likeness (QED) is 0.488. The molecule has 0 aromatic rings. The number of rotatable bonds is 4. The van der Waals surface area contributed by atoms with E-state index in [2.05, 4.69) is 0 Å². The molecule has 0 aromatic heterocycles. The van der Waals surface area contributed by atoms with Crippen molar-refractivity contribution in [3.63, 3.8) is 0 Å². The van der Waals surface area contributed by atoms with Gasteiger partial charge in [0, 0.05) is 0 Å². The van der Waals surface area contributed by atoms with Crippen LogP contribution in [0.2, 0.25) is 0 Å². The van der Waals surface area contributed by atoms with Crippen LogP contribution in [0.25, 0.3) is 0 Å². The Bertz CT molecular complexity index is 285. The van der Waals surface area contributed by atoms with E-state index in [0.717, 1.165) is 12.8 Å². The van der Waals surface area contributed by atoms with Gasteiger partial charge < -0.3 is 19.2 Å². The van der Waals surface area contributed by atoms with E-state index in [1.807, 2.05) is 0 Å². The van der Waals surface area contributed by atoms with Crippen molar-refractivity contribution >= 4 is 25.1 Å². The molecule has 0 saturated heterocycles. The summed E-state index contributed by atoms with van der Waals surface area (Å²) in [5, 5.41) is 0. The van der Waals surface area contributed by atoms with E-state index in [1.54, 1.807) is 0 Å². The maximum Gasteiger partial charge on any atom is 0.134 e. The third-order valence-corrected chi connectivity index (χ3v) is 4.31. The molecule has 15 heavy (non-hydrogen) atoms. The summed E-state index contributed by atoms with van der Waals surface area (Å²) in [5.74, 6) is -0.263. The average Bonchev–Trinajstić information content (AvgIpc) is 2.85. The van der Waals surface area contributed by atoms with Gasteiger partial charge in [0.2, 0.25) is 0 Å². The van der Waals surface area contributed by atoms with E-state index in [4.69, 9.17) is 0 Å². The minimum Gasteiger partial charge on any atom is -0.302 e. The van der Waals surface area contributed by atoms with Crippen LogP contribution in [0.1, 0.15) is 19.3 Å². The molecule has 0 spiro atoms. The van der Waals surface area contributed by atoms with Gasteiger partial charge >= 0.3 is 0 Å². The van der Waals surface area contributed by atoms with Gasteiger partial charge in [-0.2, -0.15) is 0 Å². The van der Waals surface area contributed by atoms with Gasteiger partial charge in [-0.05, 0) is 31.1 Å². The zero-order valence-electron chi connectivity index (χ0n) is 8.22. The summed E-state index contributed by atoms with van der Waals surface area (Å²) in [6.45, 7) is 0. The van der Waals surface area contributed by atoms with Crippen molar-refractivity contribution in [3.05, 3.63) is 0 Å². The summed E-state index contributed by atoms with van der Waals surface area (Å²) >= 11 is 0. The molecule has 2 fully saturated rings. The normalized spacial score (nSPS) is 34.7. The first-order valence-electron chi connectivity index (χ1n) is 5.06. The van der Waals surface area contributed by atoms with E-state index >= 15 is 0 Å². The number of hydrogen-bond donors (Lipinski definition) is 0. The molecule has 2 aliphatic rings. The molecule has 2 atom stereocenters. The molecule has 0 N–H and O–H groups in total. The first kappa shape index (κ1) is 10.2. The Morgan fingerprint density at radius 3 is 1.33 bits per heavy atom. The summed E-state index contributed by atoms with van der Waals surface area (Å²) in [6, 6.07) is 0. The van der Waals surface area contributed by atoms with E-state index in [1.165, 1.54) is 0 Å². The van der Waals surface area contributed by atoms with Crippen LogP contribution >= 0.6 is 0 Å². The third kappa shape index (κ3) is 0.874. The second-order valence-electron chi connectivity index (χ2n) is 4.54. The molecular weight excluding hydrogens is 196 g/mol. The standard InChI is InChI=1S/C11H12O4/c12-4-10(5-13)8-1-2-9(3-8)11(10,6-14)7-15/h4-9H,1-3H2. The maximum atomic E-state index is 11.1. The van der Waals surface area contributed by atoms with Crippen molar-refractivity contribution in [2.45, 2.75) is 19.3 Å². The predicted molar refractivity (Wildman–Crippen MR) is 50.0 cm³/mol. The van der Waals surface area contributed by atoms with Crippen LogP contribution < -0.4 is 0 Å². The SMILES string of the molecule is O=CC1(C=O)C2CCC(C2)C1(C=O)C=O. The van der Waals surface area contributed by atoms with Crippen LogP contribution in [-0.4, -0.2) is 25.1 Å². The lowest BCUT2D eigenvalue weighted by molar-refractivity contribution is -0.152. The second kappa shape index (κ2) is 3.08. The predicted octanol–water partition coefficient (Wildman–Crippen LogP) is 0.185. The van der Waals surface area contributed by atoms with E-state index in [9.17, 15) is 19.2 Å². The third-order valence-electron chi connectivity index (χ3n) is 4.31. The highest BCUT2D eigenvalue weighted by atomic mass is 16.1. The van der Waals surface area contributed by atoms with Gasteiger partial charge in [0.05, 0.1) is 0 Å². The van der Waals surface area contributed by atoms with Gasteiger partial charge in [0.1, 0.15) is 36.0 Å². The Hall–Kier alpha value is -1.32. The number of fused-ring (bicyclic) bond motifs is 2. The monoisotopic (exact) mass is 208 g/mol. The molecule has 2 unspecified atom stereocenters. The van der Waals surface area contributed by atoms with Crippen LogP contribution in [0.5, 0.6) is 0 Å². The first-order chi connectivity index (χ1) is 7.20. The number of carbonyl (C=O) groups excluding carboxylic acids is 4. The smallest absolute Gasteiger partial charge is 0.134 e. The molecule has 80 valence electrons. The zero-order chi connectivity index (χ0) is 11.1. The van der Waals surface area contributed by atoms with Crippen molar-refractivity contribution in [3.8, 4) is 0 Å². The molecule has 4 nitrogen and oxygen atoms in total. The van der Waals surface area contributed by atoms with Crippen molar-refractivity contribution in [2.75, 3.05) is 0 Å². The Morgan fingerprint density at radius 1 is 0.733 bits per heavy atom. The van der Waals surface area contributed by atoms with E-state index < -0.39 is 10.8 Å². The molecule has 2 aliphatic carbocycles. The minimum absolute atomic E-state index is 0.132. The van der Waals surface area contributed by atoms with Gasteiger partial charge in [-0.15, -0.1) is 0 Å². The highest BCUT2D eigenvalue weighted by Gasteiger charge is 2.68. The topological polar surface area (TPSA) is 68.3 Å². The van der Waals surface area contributed by atoms with Gasteiger partial charge in [0.25, 0.3) is 0 Å². The van der Waals surface area contributed by atoms with Crippen molar-refractivity contribution in [2.24, 2.45) is 22.7 Å².